The van der Waals surface area contributed by atoms with Crippen LogP contribution in [-0.2, 0) is 10.0 Å². The van der Waals surface area contributed by atoms with Gasteiger partial charge in [-0.15, -0.1) is 0 Å². The van der Waals surface area contributed by atoms with Crippen molar-refractivity contribution < 1.29 is 22.7 Å². The number of methoxy groups -OCH3 is 1. The van der Waals surface area contributed by atoms with Crippen molar-refractivity contribution in [2.75, 3.05) is 27.3 Å². The van der Waals surface area contributed by atoms with Crippen LogP contribution in [-0.4, -0.2) is 52.6 Å². The summed E-state index contributed by atoms with van der Waals surface area (Å²) in [5.41, 5.74) is 1.43. The SMILES string of the molecule is COc1ccc(C(=O)N(C)CCOc2ccc(C)cc2)cc1S(=O)(=O)NC1CCCC1. The number of sulfonamides is 1. The number of hydrogen-bond acceptors (Lipinski definition) is 5. The van der Waals surface area contributed by atoms with E-state index in [1.54, 1.807) is 13.1 Å². The van der Waals surface area contributed by atoms with Crippen molar-refractivity contribution in [2.45, 2.75) is 43.5 Å². The summed E-state index contributed by atoms with van der Waals surface area (Å²) < 4.78 is 39.5. The van der Waals surface area contributed by atoms with Crippen LogP contribution in [0.3, 0.4) is 0 Å². The van der Waals surface area contributed by atoms with E-state index in [0.29, 0.717) is 13.2 Å². The second-order valence-corrected chi connectivity index (χ2v) is 9.54. The minimum absolute atomic E-state index is 0.0166. The first kappa shape index (κ1) is 23.1. The zero-order valence-corrected chi connectivity index (χ0v) is 19.1. The van der Waals surface area contributed by atoms with E-state index in [1.165, 1.54) is 24.1 Å². The first-order valence-electron chi connectivity index (χ1n) is 10.5. The number of amides is 1. The molecule has 1 fully saturated rings. The van der Waals surface area contributed by atoms with Crippen LogP contribution in [0.2, 0.25) is 0 Å². The number of carbonyl (C=O) groups is 1. The van der Waals surface area contributed by atoms with E-state index in [9.17, 15) is 13.2 Å². The molecule has 7 nitrogen and oxygen atoms in total. The second kappa shape index (κ2) is 10.2. The average Bonchev–Trinajstić information content (AvgIpc) is 3.26. The van der Waals surface area contributed by atoms with E-state index in [-0.39, 0.29) is 28.2 Å². The zero-order chi connectivity index (χ0) is 22.4. The van der Waals surface area contributed by atoms with Gasteiger partial charge in [0.2, 0.25) is 10.0 Å². The molecule has 1 saturated carbocycles. The molecule has 0 aromatic heterocycles. The Labute approximate surface area is 184 Å². The van der Waals surface area contributed by atoms with Crippen molar-refractivity contribution in [2.24, 2.45) is 0 Å². The lowest BCUT2D eigenvalue weighted by atomic mass is 10.2. The molecule has 0 saturated heterocycles. The fourth-order valence-corrected chi connectivity index (χ4v) is 5.10. The molecule has 31 heavy (non-hydrogen) atoms. The molecular formula is C23H30N2O5S. The molecule has 1 aliphatic carbocycles. The van der Waals surface area contributed by atoms with Gasteiger partial charge in [0, 0.05) is 18.7 Å². The van der Waals surface area contributed by atoms with E-state index < -0.39 is 10.0 Å². The smallest absolute Gasteiger partial charge is 0.253 e. The maximum absolute atomic E-state index is 12.9. The molecule has 0 spiro atoms. The van der Waals surface area contributed by atoms with Gasteiger partial charge in [0.1, 0.15) is 23.0 Å². The Morgan fingerprint density at radius 3 is 2.45 bits per heavy atom. The highest BCUT2D eigenvalue weighted by Gasteiger charge is 2.27. The molecular weight excluding hydrogens is 416 g/mol. The normalized spacial score (nSPS) is 14.4. The van der Waals surface area contributed by atoms with Crippen molar-refractivity contribution >= 4 is 15.9 Å². The third-order valence-electron chi connectivity index (χ3n) is 5.44. The lowest BCUT2D eigenvalue weighted by molar-refractivity contribution is 0.0773. The summed E-state index contributed by atoms with van der Waals surface area (Å²) in [5, 5.41) is 0. The quantitative estimate of drug-likeness (QED) is 0.638. The summed E-state index contributed by atoms with van der Waals surface area (Å²) >= 11 is 0. The van der Waals surface area contributed by atoms with Gasteiger partial charge in [-0.05, 0) is 50.1 Å². The van der Waals surface area contributed by atoms with Crippen molar-refractivity contribution in [1.82, 2.24) is 9.62 Å². The van der Waals surface area contributed by atoms with Crippen molar-refractivity contribution in [3.63, 3.8) is 0 Å². The van der Waals surface area contributed by atoms with Gasteiger partial charge < -0.3 is 14.4 Å². The summed E-state index contributed by atoms with van der Waals surface area (Å²) in [6, 6.07) is 12.1. The molecule has 0 aliphatic heterocycles. The van der Waals surface area contributed by atoms with Crippen LogP contribution in [0.5, 0.6) is 11.5 Å². The minimum atomic E-state index is -3.80. The maximum Gasteiger partial charge on any atom is 0.253 e. The maximum atomic E-state index is 12.9. The number of benzene rings is 2. The Balaban J connectivity index is 1.68. The number of likely N-dealkylation sites (N-methyl/N-ethyl adjacent to an activating group) is 1. The van der Waals surface area contributed by atoms with Gasteiger partial charge >= 0.3 is 0 Å². The van der Waals surface area contributed by atoms with Crippen LogP contribution in [0, 0.1) is 6.92 Å². The van der Waals surface area contributed by atoms with Gasteiger partial charge in [-0.2, -0.15) is 0 Å². The Morgan fingerprint density at radius 1 is 1.13 bits per heavy atom. The van der Waals surface area contributed by atoms with E-state index in [0.717, 1.165) is 37.0 Å². The van der Waals surface area contributed by atoms with Crippen LogP contribution in [0.15, 0.2) is 47.4 Å². The highest BCUT2D eigenvalue weighted by molar-refractivity contribution is 7.89. The van der Waals surface area contributed by atoms with Gasteiger partial charge in [0.15, 0.2) is 0 Å². The molecule has 3 rings (SSSR count). The van der Waals surface area contributed by atoms with Gasteiger partial charge in [-0.3, -0.25) is 4.79 Å². The molecule has 8 heteroatoms. The van der Waals surface area contributed by atoms with Gasteiger partial charge in [-0.25, -0.2) is 13.1 Å². The molecule has 0 unspecified atom stereocenters. The molecule has 2 aromatic rings. The lowest BCUT2D eigenvalue weighted by Crippen LogP contribution is -2.33. The van der Waals surface area contributed by atoms with Crippen molar-refractivity contribution in [3.05, 3.63) is 53.6 Å². The molecule has 1 aliphatic rings. The summed E-state index contributed by atoms with van der Waals surface area (Å²) in [5.74, 6) is 0.669. The van der Waals surface area contributed by atoms with Crippen LogP contribution in [0.4, 0.5) is 0 Å². The molecule has 0 radical (unpaired) electrons. The Bertz CT molecular complexity index is 999. The number of carbonyl (C=O) groups excluding carboxylic acids is 1. The fraction of sp³-hybridized carbons (Fsp3) is 0.435. The summed E-state index contributed by atoms with van der Waals surface area (Å²) in [4.78, 5) is 14.4. The van der Waals surface area contributed by atoms with Crippen molar-refractivity contribution in [1.29, 1.82) is 0 Å². The average molecular weight is 447 g/mol. The molecule has 168 valence electrons. The standard InChI is InChI=1S/C23H30N2O5S/c1-17-8-11-20(12-9-17)30-15-14-25(2)23(26)18-10-13-21(29-3)22(16-18)31(27,28)24-19-6-4-5-7-19/h8-13,16,19,24H,4-7,14-15H2,1-3H3. The highest BCUT2D eigenvalue weighted by Crippen LogP contribution is 2.27. The van der Waals surface area contributed by atoms with Crippen LogP contribution < -0.4 is 14.2 Å². The van der Waals surface area contributed by atoms with Crippen LogP contribution in [0.1, 0.15) is 41.6 Å². The molecule has 2 aromatic carbocycles. The van der Waals surface area contributed by atoms with Gasteiger partial charge in [-0.1, -0.05) is 30.5 Å². The third kappa shape index (κ3) is 5.98. The molecule has 0 bridgehead atoms. The highest BCUT2D eigenvalue weighted by atomic mass is 32.2. The first-order valence-corrected chi connectivity index (χ1v) is 11.9. The first-order chi connectivity index (χ1) is 14.8. The molecule has 1 N–H and O–H groups in total. The number of nitrogens with zero attached hydrogens (tertiary/aromatic N) is 1. The predicted octanol–water partition coefficient (Wildman–Crippen LogP) is 3.38. The minimum Gasteiger partial charge on any atom is -0.495 e. The number of aryl methyl sites for hydroxylation is 1. The van der Waals surface area contributed by atoms with E-state index >= 15 is 0 Å². The summed E-state index contributed by atoms with van der Waals surface area (Å²) in [7, 11) is -0.716. The van der Waals surface area contributed by atoms with E-state index in [2.05, 4.69) is 4.72 Å². The number of nitrogens with one attached hydrogen (secondary N) is 1. The number of hydrogen-bond donors (Lipinski definition) is 1. The van der Waals surface area contributed by atoms with Crippen LogP contribution >= 0.6 is 0 Å². The largest absolute Gasteiger partial charge is 0.495 e. The Kier molecular flexibility index (Phi) is 7.56. The van der Waals surface area contributed by atoms with Gasteiger partial charge in [0.25, 0.3) is 5.91 Å². The molecule has 0 heterocycles. The summed E-state index contributed by atoms with van der Waals surface area (Å²) in [6.45, 7) is 2.69. The number of ether oxygens (including phenoxy) is 2. The fourth-order valence-electron chi connectivity index (χ4n) is 3.60. The Morgan fingerprint density at radius 2 is 1.81 bits per heavy atom. The van der Waals surface area contributed by atoms with Crippen LogP contribution in [0.25, 0.3) is 0 Å². The molecule has 0 atom stereocenters. The predicted molar refractivity (Wildman–Crippen MR) is 119 cm³/mol. The van der Waals surface area contributed by atoms with Crippen molar-refractivity contribution in [3.8, 4) is 11.5 Å². The Hall–Kier alpha value is -2.58. The van der Waals surface area contributed by atoms with E-state index in [4.69, 9.17) is 9.47 Å². The topological polar surface area (TPSA) is 84.9 Å². The van der Waals surface area contributed by atoms with Gasteiger partial charge in [0.05, 0.1) is 13.7 Å². The lowest BCUT2D eigenvalue weighted by Gasteiger charge is -2.19. The monoisotopic (exact) mass is 446 g/mol. The molecule has 1 amide bonds. The second-order valence-electron chi connectivity index (χ2n) is 7.86. The number of rotatable bonds is 9. The third-order valence-corrected chi connectivity index (χ3v) is 6.98. The summed E-state index contributed by atoms with van der Waals surface area (Å²) in [6.07, 6.45) is 3.67. The van der Waals surface area contributed by atoms with E-state index in [1.807, 2.05) is 31.2 Å². The zero-order valence-electron chi connectivity index (χ0n) is 18.3.